The summed E-state index contributed by atoms with van der Waals surface area (Å²) in [5.41, 5.74) is 5.16. The zero-order valence-corrected chi connectivity index (χ0v) is 8.00. The molecule has 0 radical (unpaired) electrons. The third-order valence-corrected chi connectivity index (χ3v) is 2.50. The number of amides is 1. The van der Waals surface area contributed by atoms with Crippen molar-refractivity contribution in [2.24, 2.45) is 5.73 Å². The SMILES string of the molecule is NC(=O)[C@@H]1OCO[C@@H]2[C@H]1OCO[C@@H]2CO. The van der Waals surface area contributed by atoms with Crippen LogP contribution in [-0.2, 0) is 23.7 Å². The van der Waals surface area contributed by atoms with E-state index in [1.165, 1.54) is 0 Å². The van der Waals surface area contributed by atoms with Crippen molar-refractivity contribution in [3.63, 3.8) is 0 Å². The summed E-state index contributed by atoms with van der Waals surface area (Å²) in [6, 6.07) is 0. The minimum Gasteiger partial charge on any atom is -0.394 e. The first kappa shape index (κ1) is 10.8. The Morgan fingerprint density at radius 1 is 1.20 bits per heavy atom. The number of fused-ring (bicyclic) bond motifs is 1. The molecule has 0 bridgehead atoms. The topological polar surface area (TPSA) is 100 Å². The van der Waals surface area contributed by atoms with Crippen LogP contribution < -0.4 is 5.73 Å². The molecule has 0 saturated carbocycles. The van der Waals surface area contributed by atoms with E-state index in [-0.39, 0.29) is 20.2 Å². The lowest BCUT2D eigenvalue weighted by Gasteiger charge is -2.42. The summed E-state index contributed by atoms with van der Waals surface area (Å²) in [5, 5.41) is 9.04. The number of hydrogen-bond acceptors (Lipinski definition) is 6. The number of ether oxygens (including phenoxy) is 4. The molecule has 15 heavy (non-hydrogen) atoms. The average Bonchev–Trinajstić information content (AvgIpc) is 2.27. The summed E-state index contributed by atoms with van der Waals surface area (Å²) in [6.45, 7) is -0.267. The number of nitrogens with two attached hydrogens (primary N) is 1. The van der Waals surface area contributed by atoms with E-state index in [9.17, 15) is 4.79 Å². The molecule has 0 aromatic carbocycles. The summed E-state index contributed by atoms with van der Waals surface area (Å²) < 4.78 is 20.6. The predicted molar refractivity (Wildman–Crippen MR) is 45.5 cm³/mol. The van der Waals surface area contributed by atoms with Crippen LogP contribution >= 0.6 is 0 Å². The molecule has 0 aliphatic carbocycles. The smallest absolute Gasteiger partial charge is 0.249 e. The largest absolute Gasteiger partial charge is 0.394 e. The Labute approximate surface area is 86.0 Å². The number of aliphatic hydroxyl groups is 1. The molecule has 7 nitrogen and oxygen atoms in total. The van der Waals surface area contributed by atoms with Crippen molar-refractivity contribution in [1.82, 2.24) is 0 Å². The first-order chi connectivity index (χ1) is 7.24. The van der Waals surface area contributed by atoms with Crippen molar-refractivity contribution >= 4 is 5.91 Å². The maximum atomic E-state index is 11.1. The highest BCUT2D eigenvalue weighted by atomic mass is 16.8. The first-order valence-electron chi connectivity index (χ1n) is 4.60. The van der Waals surface area contributed by atoms with Crippen molar-refractivity contribution in [2.45, 2.75) is 24.4 Å². The molecular weight excluding hydrogens is 206 g/mol. The second-order valence-corrected chi connectivity index (χ2v) is 3.38. The van der Waals surface area contributed by atoms with E-state index < -0.39 is 30.3 Å². The number of carbonyl (C=O) groups excluding carboxylic acids is 1. The Bertz CT molecular complexity index is 247. The van der Waals surface area contributed by atoms with Crippen molar-refractivity contribution in [1.29, 1.82) is 0 Å². The standard InChI is InChI=1S/C8H13NO6/c9-8(11)7-6-5(13-3-15-7)4(1-10)12-2-14-6/h4-7,10H,1-3H2,(H2,9,11)/t4-,5+,6-,7-/m1/s1. The molecule has 0 aromatic rings. The molecule has 7 heteroatoms. The maximum Gasteiger partial charge on any atom is 0.249 e. The van der Waals surface area contributed by atoms with Gasteiger partial charge in [0.1, 0.15) is 31.9 Å². The van der Waals surface area contributed by atoms with E-state index in [1.54, 1.807) is 0 Å². The number of carbonyl (C=O) groups is 1. The second kappa shape index (κ2) is 4.42. The normalized spacial score (nSPS) is 40.9. The molecule has 2 saturated heterocycles. The molecule has 86 valence electrons. The molecule has 0 spiro atoms. The molecule has 2 heterocycles. The number of primary amides is 1. The Morgan fingerprint density at radius 3 is 2.53 bits per heavy atom. The third kappa shape index (κ3) is 1.97. The molecule has 2 aliphatic rings. The molecule has 2 fully saturated rings. The monoisotopic (exact) mass is 219 g/mol. The van der Waals surface area contributed by atoms with Crippen LogP contribution in [0.15, 0.2) is 0 Å². The Morgan fingerprint density at radius 2 is 1.87 bits per heavy atom. The highest BCUT2D eigenvalue weighted by Crippen LogP contribution is 2.25. The van der Waals surface area contributed by atoms with E-state index in [0.29, 0.717) is 0 Å². The van der Waals surface area contributed by atoms with E-state index in [1.807, 2.05) is 0 Å². The molecular formula is C8H13NO6. The van der Waals surface area contributed by atoms with Crippen molar-refractivity contribution in [3.05, 3.63) is 0 Å². The van der Waals surface area contributed by atoms with Crippen LogP contribution in [0.5, 0.6) is 0 Å². The summed E-state index contributed by atoms with van der Waals surface area (Å²) >= 11 is 0. The fourth-order valence-electron chi connectivity index (χ4n) is 1.75. The van der Waals surface area contributed by atoms with Gasteiger partial charge < -0.3 is 29.8 Å². The highest BCUT2D eigenvalue weighted by molar-refractivity contribution is 5.79. The number of hydrogen-bond donors (Lipinski definition) is 2. The van der Waals surface area contributed by atoms with Crippen LogP contribution in [0, 0.1) is 0 Å². The lowest BCUT2D eigenvalue weighted by atomic mass is 10.0. The predicted octanol–water partition coefficient (Wildman–Crippen LogP) is -2.05. The molecule has 2 aliphatic heterocycles. The van der Waals surface area contributed by atoms with E-state index in [4.69, 9.17) is 29.8 Å². The summed E-state index contributed by atoms with van der Waals surface area (Å²) in [5.74, 6) is -0.605. The molecule has 0 unspecified atom stereocenters. The Kier molecular flexibility index (Phi) is 3.17. The zero-order chi connectivity index (χ0) is 10.8. The van der Waals surface area contributed by atoms with Crippen LogP contribution in [0.2, 0.25) is 0 Å². The van der Waals surface area contributed by atoms with Gasteiger partial charge in [-0.3, -0.25) is 4.79 Å². The summed E-state index contributed by atoms with van der Waals surface area (Å²) in [4.78, 5) is 11.1. The van der Waals surface area contributed by atoms with E-state index >= 15 is 0 Å². The van der Waals surface area contributed by atoms with Crippen LogP contribution in [0.4, 0.5) is 0 Å². The van der Waals surface area contributed by atoms with Crippen LogP contribution in [0.3, 0.4) is 0 Å². The average molecular weight is 219 g/mol. The van der Waals surface area contributed by atoms with Gasteiger partial charge in [-0.05, 0) is 0 Å². The molecule has 1 amide bonds. The molecule has 3 N–H and O–H groups in total. The van der Waals surface area contributed by atoms with Gasteiger partial charge in [-0.15, -0.1) is 0 Å². The summed E-state index contributed by atoms with van der Waals surface area (Å²) in [6.07, 6.45) is -2.48. The summed E-state index contributed by atoms with van der Waals surface area (Å²) in [7, 11) is 0. The van der Waals surface area contributed by atoms with E-state index in [0.717, 1.165) is 0 Å². The Hall–Kier alpha value is -0.730. The molecule has 2 rings (SSSR count). The van der Waals surface area contributed by atoms with Crippen LogP contribution in [-0.4, -0.2) is 55.6 Å². The second-order valence-electron chi connectivity index (χ2n) is 3.38. The van der Waals surface area contributed by atoms with Gasteiger partial charge in [0.15, 0.2) is 6.10 Å². The maximum absolute atomic E-state index is 11.1. The number of rotatable bonds is 2. The minimum atomic E-state index is -0.846. The van der Waals surface area contributed by atoms with Gasteiger partial charge in [-0.25, -0.2) is 0 Å². The van der Waals surface area contributed by atoms with Gasteiger partial charge >= 0.3 is 0 Å². The number of aliphatic hydroxyl groups excluding tert-OH is 1. The van der Waals surface area contributed by atoms with Gasteiger partial charge in [0.05, 0.1) is 6.61 Å². The zero-order valence-electron chi connectivity index (χ0n) is 8.00. The molecule has 0 aromatic heterocycles. The first-order valence-corrected chi connectivity index (χ1v) is 4.60. The van der Waals surface area contributed by atoms with Gasteiger partial charge in [-0.1, -0.05) is 0 Å². The van der Waals surface area contributed by atoms with E-state index in [2.05, 4.69) is 0 Å². The quantitative estimate of drug-likeness (QED) is 0.554. The van der Waals surface area contributed by atoms with Crippen LogP contribution in [0.1, 0.15) is 0 Å². The lowest BCUT2D eigenvalue weighted by Crippen LogP contribution is -2.61. The van der Waals surface area contributed by atoms with Gasteiger partial charge in [0.2, 0.25) is 5.91 Å². The van der Waals surface area contributed by atoms with Crippen molar-refractivity contribution in [3.8, 4) is 0 Å². The van der Waals surface area contributed by atoms with Crippen molar-refractivity contribution < 1.29 is 28.8 Å². The van der Waals surface area contributed by atoms with Gasteiger partial charge in [0, 0.05) is 0 Å². The van der Waals surface area contributed by atoms with Gasteiger partial charge in [-0.2, -0.15) is 0 Å². The third-order valence-electron chi connectivity index (χ3n) is 2.50. The highest BCUT2D eigenvalue weighted by Gasteiger charge is 2.46. The van der Waals surface area contributed by atoms with Crippen LogP contribution in [0.25, 0.3) is 0 Å². The Balaban J connectivity index is 2.11. The minimum absolute atomic E-state index is 0.0110. The van der Waals surface area contributed by atoms with Crippen molar-refractivity contribution in [2.75, 3.05) is 20.2 Å². The molecule has 4 atom stereocenters. The fraction of sp³-hybridized carbons (Fsp3) is 0.875. The van der Waals surface area contributed by atoms with Gasteiger partial charge in [0.25, 0.3) is 0 Å². The fourth-order valence-corrected chi connectivity index (χ4v) is 1.75. The lowest BCUT2D eigenvalue weighted by molar-refractivity contribution is -0.319.